The number of carboxylic acids is 1. The lowest BCUT2D eigenvalue weighted by molar-refractivity contribution is -0.174. The minimum absolute atomic E-state index is 0.0777. The minimum Gasteiger partial charge on any atom is -0.480 e. The number of hydrazine groups is 1. The molecule has 0 radical (unpaired) electrons. The Morgan fingerprint density at radius 2 is 1.84 bits per heavy atom. The number of fused-ring (bicyclic) bond motifs is 1. The highest BCUT2D eigenvalue weighted by atomic mass is 16.4. The quantitative estimate of drug-likeness (QED) is 0.750. The summed E-state index contributed by atoms with van der Waals surface area (Å²) in [5, 5.41) is 14.6. The molecule has 132 valence electrons. The number of carbonyl (C=O) groups is 4. The van der Waals surface area contributed by atoms with Crippen LogP contribution in [0.3, 0.4) is 0 Å². The van der Waals surface area contributed by atoms with E-state index < -0.39 is 35.7 Å². The summed E-state index contributed by atoms with van der Waals surface area (Å²) in [6, 6.07) is 5.89. The van der Waals surface area contributed by atoms with Crippen LogP contribution >= 0.6 is 0 Å². The summed E-state index contributed by atoms with van der Waals surface area (Å²) in [5.74, 6) is -2.74. The molecule has 2 atom stereocenters. The topological polar surface area (TPSA) is 107 Å². The first-order valence-corrected chi connectivity index (χ1v) is 8.18. The van der Waals surface area contributed by atoms with Crippen LogP contribution in [0, 0.1) is 0 Å². The van der Waals surface area contributed by atoms with Gasteiger partial charge in [0.25, 0.3) is 11.8 Å². The largest absolute Gasteiger partial charge is 0.480 e. The van der Waals surface area contributed by atoms with Crippen molar-refractivity contribution in [3.05, 3.63) is 35.9 Å². The monoisotopic (exact) mass is 345 g/mol. The molecule has 1 aromatic rings. The fraction of sp³-hybridized carbons (Fsp3) is 0.412. The van der Waals surface area contributed by atoms with Gasteiger partial charge in [-0.3, -0.25) is 19.4 Å². The predicted octanol–water partition coefficient (Wildman–Crippen LogP) is 0.0504. The second-order valence-corrected chi connectivity index (χ2v) is 6.12. The summed E-state index contributed by atoms with van der Waals surface area (Å²) in [5.41, 5.74) is 0.331. The van der Waals surface area contributed by atoms with Gasteiger partial charge in [-0.05, 0) is 25.0 Å². The Morgan fingerprint density at radius 3 is 2.52 bits per heavy atom. The van der Waals surface area contributed by atoms with Crippen LogP contribution in [0.15, 0.2) is 30.3 Å². The van der Waals surface area contributed by atoms with Crippen molar-refractivity contribution < 1.29 is 24.3 Å². The zero-order chi connectivity index (χ0) is 18.0. The zero-order valence-corrected chi connectivity index (χ0v) is 13.6. The molecule has 2 aliphatic rings. The number of Topliss-reactive ketones (excluding diaryl/α,β-unsaturated/α-hetero) is 1. The van der Waals surface area contributed by atoms with E-state index in [1.807, 2.05) is 0 Å². The van der Waals surface area contributed by atoms with E-state index in [1.54, 1.807) is 35.3 Å². The van der Waals surface area contributed by atoms with Crippen LogP contribution in [-0.4, -0.2) is 63.9 Å². The summed E-state index contributed by atoms with van der Waals surface area (Å²) in [6.07, 6.45) is 1.04. The molecule has 2 aliphatic heterocycles. The number of carbonyl (C=O) groups excluding carboxylic acids is 3. The Morgan fingerprint density at radius 1 is 1.12 bits per heavy atom. The van der Waals surface area contributed by atoms with E-state index in [9.17, 15) is 24.3 Å². The van der Waals surface area contributed by atoms with Crippen LogP contribution in [-0.2, 0) is 14.4 Å². The number of ketones is 1. The lowest BCUT2D eigenvalue weighted by atomic mass is 10.1. The third-order valence-corrected chi connectivity index (χ3v) is 4.50. The zero-order valence-electron chi connectivity index (χ0n) is 13.6. The second kappa shape index (κ2) is 7.02. The maximum absolute atomic E-state index is 12.9. The van der Waals surface area contributed by atoms with Gasteiger partial charge >= 0.3 is 5.97 Å². The standard InChI is InChI=1S/C17H19N3O5/c21-13-8-10-19-9-4-7-12(17(24)25)20(19)16(23)14(13)18-15(22)11-5-2-1-3-6-11/h1-3,5-6,12,14H,4,7-10H2,(H,18,22)(H,24,25). The fourth-order valence-electron chi connectivity index (χ4n) is 3.23. The highest BCUT2D eigenvalue weighted by Gasteiger charge is 2.44. The van der Waals surface area contributed by atoms with Gasteiger partial charge in [-0.2, -0.15) is 0 Å². The first-order chi connectivity index (χ1) is 12.0. The number of carboxylic acid groups (broad SMARTS) is 1. The van der Waals surface area contributed by atoms with E-state index in [2.05, 4.69) is 5.32 Å². The molecule has 3 rings (SSSR count). The van der Waals surface area contributed by atoms with Crippen LogP contribution in [0.5, 0.6) is 0 Å². The number of aliphatic carboxylic acids is 1. The molecule has 2 N–H and O–H groups in total. The average Bonchev–Trinajstić information content (AvgIpc) is 2.74. The molecule has 2 heterocycles. The molecule has 8 nitrogen and oxygen atoms in total. The van der Waals surface area contributed by atoms with Gasteiger partial charge in [-0.15, -0.1) is 0 Å². The molecule has 0 spiro atoms. The molecule has 0 aromatic heterocycles. The van der Waals surface area contributed by atoms with Crippen LogP contribution in [0.1, 0.15) is 29.6 Å². The second-order valence-electron chi connectivity index (χ2n) is 6.12. The first-order valence-electron chi connectivity index (χ1n) is 8.18. The number of amides is 2. The molecule has 1 aromatic carbocycles. The van der Waals surface area contributed by atoms with Crippen molar-refractivity contribution in [1.82, 2.24) is 15.3 Å². The van der Waals surface area contributed by atoms with Crippen LogP contribution in [0.4, 0.5) is 0 Å². The van der Waals surface area contributed by atoms with Gasteiger partial charge in [0.2, 0.25) is 0 Å². The Balaban J connectivity index is 1.85. The molecular formula is C17H19N3O5. The molecule has 2 amide bonds. The van der Waals surface area contributed by atoms with Gasteiger partial charge in [0.1, 0.15) is 6.04 Å². The predicted molar refractivity (Wildman–Crippen MR) is 86.4 cm³/mol. The van der Waals surface area contributed by atoms with Crippen molar-refractivity contribution in [2.45, 2.75) is 31.3 Å². The van der Waals surface area contributed by atoms with Crippen molar-refractivity contribution in [3.8, 4) is 0 Å². The molecular weight excluding hydrogens is 326 g/mol. The smallest absolute Gasteiger partial charge is 0.328 e. The number of benzene rings is 1. The van der Waals surface area contributed by atoms with Crippen LogP contribution < -0.4 is 5.32 Å². The number of nitrogens with zero attached hydrogens (tertiary/aromatic N) is 2. The number of rotatable bonds is 3. The third kappa shape index (κ3) is 3.39. The van der Waals surface area contributed by atoms with Crippen molar-refractivity contribution >= 4 is 23.6 Å². The Bertz CT molecular complexity index is 705. The molecule has 2 unspecified atom stereocenters. The highest BCUT2D eigenvalue weighted by Crippen LogP contribution is 2.23. The molecule has 0 saturated carbocycles. The van der Waals surface area contributed by atoms with E-state index in [-0.39, 0.29) is 13.0 Å². The Kier molecular flexibility index (Phi) is 4.80. The summed E-state index contributed by atoms with van der Waals surface area (Å²) < 4.78 is 0. The Labute approximate surface area is 144 Å². The van der Waals surface area contributed by atoms with Gasteiger partial charge in [-0.1, -0.05) is 18.2 Å². The van der Waals surface area contributed by atoms with E-state index in [0.717, 1.165) is 5.01 Å². The number of nitrogens with one attached hydrogen (secondary N) is 1. The molecule has 2 fully saturated rings. The van der Waals surface area contributed by atoms with Gasteiger partial charge in [-0.25, -0.2) is 9.80 Å². The molecule has 2 saturated heterocycles. The SMILES string of the molecule is O=C(NC1C(=O)CCN2CCCC(C(=O)O)N2C1=O)c1ccccc1. The lowest BCUT2D eigenvalue weighted by Gasteiger charge is -2.41. The van der Waals surface area contributed by atoms with E-state index in [0.29, 0.717) is 24.9 Å². The average molecular weight is 345 g/mol. The van der Waals surface area contributed by atoms with Crippen molar-refractivity contribution in [2.24, 2.45) is 0 Å². The van der Waals surface area contributed by atoms with E-state index in [1.165, 1.54) is 0 Å². The van der Waals surface area contributed by atoms with Crippen LogP contribution in [0.25, 0.3) is 0 Å². The third-order valence-electron chi connectivity index (χ3n) is 4.50. The highest BCUT2D eigenvalue weighted by molar-refractivity contribution is 6.10. The van der Waals surface area contributed by atoms with Gasteiger partial charge in [0.05, 0.1) is 0 Å². The number of hydrogen-bond acceptors (Lipinski definition) is 5. The summed E-state index contributed by atoms with van der Waals surface area (Å²) >= 11 is 0. The lowest BCUT2D eigenvalue weighted by Crippen LogP contribution is -2.61. The maximum atomic E-state index is 12.9. The first kappa shape index (κ1) is 17.1. The van der Waals surface area contributed by atoms with Crippen molar-refractivity contribution in [1.29, 1.82) is 0 Å². The van der Waals surface area contributed by atoms with Crippen molar-refractivity contribution in [3.63, 3.8) is 0 Å². The van der Waals surface area contributed by atoms with Gasteiger partial charge < -0.3 is 10.4 Å². The Hall–Kier alpha value is -2.74. The van der Waals surface area contributed by atoms with Crippen molar-refractivity contribution in [2.75, 3.05) is 13.1 Å². The van der Waals surface area contributed by atoms with E-state index in [4.69, 9.17) is 0 Å². The molecule has 8 heteroatoms. The fourth-order valence-corrected chi connectivity index (χ4v) is 3.23. The van der Waals surface area contributed by atoms with Gasteiger partial charge in [0, 0.05) is 25.1 Å². The molecule has 0 aliphatic carbocycles. The normalized spacial score (nSPS) is 24.4. The van der Waals surface area contributed by atoms with Gasteiger partial charge in [0.15, 0.2) is 11.8 Å². The molecule has 0 bridgehead atoms. The summed E-state index contributed by atoms with van der Waals surface area (Å²) in [4.78, 5) is 49.1. The summed E-state index contributed by atoms with van der Waals surface area (Å²) in [7, 11) is 0. The van der Waals surface area contributed by atoms with Crippen LogP contribution in [0.2, 0.25) is 0 Å². The number of hydrogen-bond donors (Lipinski definition) is 2. The molecule has 25 heavy (non-hydrogen) atoms. The minimum atomic E-state index is -1.36. The summed E-state index contributed by atoms with van der Waals surface area (Å²) in [6.45, 7) is 0.786. The van der Waals surface area contributed by atoms with E-state index >= 15 is 0 Å². The maximum Gasteiger partial charge on any atom is 0.328 e.